The number of amides is 1. The maximum absolute atomic E-state index is 12.3. The summed E-state index contributed by atoms with van der Waals surface area (Å²) in [6.07, 6.45) is 0. The molecule has 0 spiro atoms. The van der Waals surface area contributed by atoms with Gasteiger partial charge in [-0.15, -0.1) is 0 Å². The fourth-order valence-corrected chi connectivity index (χ4v) is 2.90. The number of nitrogens with zero attached hydrogens (tertiary/aromatic N) is 1. The summed E-state index contributed by atoms with van der Waals surface area (Å²) in [5.41, 5.74) is 0.837. The van der Waals surface area contributed by atoms with Crippen LogP contribution in [-0.4, -0.2) is 50.3 Å². The topological polar surface area (TPSA) is 63.9 Å². The lowest BCUT2D eigenvalue weighted by Gasteiger charge is -2.25. The van der Waals surface area contributed by atoms with E-state index < -0.39 is 0 Å². The fraction of sp³-hybridized carbons (Fsp3) is 0.421. The molecule has 1 aromatic carbocycles. The zero-order valence-electron chi connectivity index (χ0n) is 14.8. The monoisotopic (exact) mass is 378 g/mol. The first-order valence-electron chi connectivity index (χ1n) is 8.68. The number of carbonyl (C=O) groups excluding carboxylic acids is 1. The van der Waals surface area contributed by atoms with Crippen LogP contribution < -0.4 is 10.1 Å². The third-order valence-corrected chi connectivity index (χ3v) is 4.38. The lowest BCUT2D eigenvalue weighted by atomic mass is 10.2. The van der Waals surface area contributed by atoms with Gasteiger partial charge in [-0.25, -0.2) is 0 Å². The van der Waals surface area contributed by atoms with Crippen LogP contribution >= 0.6 is 11.6 Å². The maximum atomic E-state index is 12.3. The molecule has 7 heteroatoms. The number of benzene rings is 1. The quantitative estimate of drug-likeness (QED) is 0.750. The van der Waals surface area contributed by atoms with Gasteiger partial charge in [-0.3, -0.25) is 9.69 Å². The summed E-state index contributed by atoms with van der Waals surface area (Å²) in [5, 5.41) is 3.48. The Morgan fingerprint density at radius 1 is 1.27 bits per heavy atom. The Morgan fingerprint density at radius 3 is 2.73 bits per heavy atom. The SMILES string of the molecule is Cc1cc(CN2CCOCC2)oc1C(=O)NCCOc1ccc(Cl)cc1. The summed E-state index contributed by atoms with van der Waals surface area (Å²) in [5.74, 6) is 1.65. The summed E-state index contributed by atoms with van der Waals surface area (Å²) in [6, 6.07) is 9.03. The number of halogens is 1. The van der Waals surface area contributed by atoms with E-state index in [2.05, 4.69) is 10.2 Å². The summed E-state index contributed by atoms with van der Waals surface area (Å²) in [4.78, 5) is 14.6. The van der Waals surface area contributed by atoms with Crippen LogP contribution in [-0.2, 0) is 11.3 Å². The number of carbonyl (C=O) groups is 1. The maximum Gasteiger partial charge on any atom is 0.287 e. The lowest BCUT2D eigenvalue weighted by molar-refractivity contribution is 0.0311. The van der Waals surface area contributed by atoms with Crippen molar-refractivity contribution in [1.82, 2.24) is 10.2 Å². The molecule has 3 rings (SSSR count). The molecule has 1 aliphatic rings. The van der Waals surface area contributed by atoms with E-state index in [-0.39, 0.29) is 5.91 Å². The van der Waals surface area contributed by atoms with Gasteiger partial charge in [0.25, 0.3) is 5.91 Å². The lowest BCUT2D eigenvalue weighted by Crippen LogP contribution is -2.35. The van der Waals surface area contributed by atoms with Crippen molar-refractivity contribution in [3.63, 3.8) is 0 Å². The second-order valence-corrected chi connectivity index (χ2v) is 6.61. The van der Waals surface area contributed by atoms with Crippen molar-refractivity contribution in [2.45, 2.75) is 13.5 Å². The summed E-state index contributed by atoms with van der Waals surface area (Å²) < 4.78 is 16.7. The fourth-order valence-electron chi connectivity index (χ4n) is 2.78. The van der Waals surface area contributed by atoms with Crippen LogP contribution in [0.25, 0.3) is 0 Å². The highest BCUT2D eigenvalue weighted by Crippen LogP contribution is 2.17. The van der Waals surface area contributed by atoms with Crippen molar-refractivity contribution in [3.05, 3.63) is 52.4 Å². The molecule has 2 aromatic rings. The number of hydrogen-bond donors (Lipinski definition) is 1. The van der Waals surface area contributed by atoms with E-state index in [0.717, 1.165) is 37.6 Å². The van der Waals surface area contributed by atoms with E-state index in [1.807, 2.05) is 13.0 Å². The number of furan rings is 1. The molecule has 0 atom stereocenters. The van der Waals surface area contributed by atoms with Crippen LogP contribution in [0.1, 0.15) is 21.9 Å². The smallest absolute Gasteiger partial charge is 0.287 e. The van der Waals surface area contributed by atoms with Crippen LogP contribution in [0.4, 0.5) is 0 Å². The van der Waals surface area contributed by atoms with Gasteiger partial charge in [0, 0.05) is 23.7 Å². The number of rotatable bonds is 7. The van der Waals surface area contributed by atoms with Crippen molar-refractivity contribution in [1.29, 1.82) is 0 Å². The van der Waals surface area contributed by atoms with Crippen LogP contribution in [0.2, 0.25) is 5.02 Å². The van der Waals surface area contributed by atoms with Gasteiger partial charge < -0.3 is 19.2 Å². The highest BCUT2D eigenvalue weighted by atomic mass is 35.5. The number of morpholine rings is 1. The van der Waals surface area contributed by atoms with Gasteiger partial charge in [0.15, 0.2) is 5.76 Å². The van der Waals surface area contributed by atoms with Crippen LogP contribution in [0.15, 0.2) is 34.7 Å². The first-order valence-corrected chi connectivity index (χ1v) is 9.05. The minimum absolute atomic E-state index is 0.226. The predicted octanol–water partition coefficient (Wildman–Crippen LogP) is 2.88. The van der Waals surface area contributed by atoms with Crippen molar-refractivity contribution in [2.75, 3.05) is 39.5 Å². The molecule has 1 N–H and O–H groups in total. The Bertz CT molecular complexity index is 724. The zero-order chi connectivity index (χ0) is 18.4. The van der Waals surface area contributed by atoms with E-state index in [1.54, 1.807) is 24.3 Å². The Hall–Kier alpha value is -2.02. The van der Waals surface area contributed by atoms with Crippen molar-refractivity contribution >= 4 is 17.5 Å². The van der Waals surface area contributed by atoms with Gasteiger partial charge in [-0.2, -0.15) is 0 Å². The van der Waals surface area contributed by atoms with Crippen LogP contribution in [0, 0.1) is 6.92 Å². The molecule has 6 nitrogen and oxygen atoms in total. The van der Waals surface area contributed by atoms with Crippen molar-refractivity contribution in [3.8, 4) is 5.75 Å². The van der Waals surface area contributed by atoms with Gasteiger partial charge in [-0.05, 0) is 37.3 Å². The predicted molar refractivity (Wildman–Crippen MR) is 98.8 cm³/mol. The first kappa shape index (κ1) is 18.8. The summed E-state index contributed by atoms with van der Waals surface area (Å²) >= 11 is 5.83. The minimum atomic E-state index is -0.226. The molecular weight excluding hydrogens is 356 g/mol. The molecule has 0 aliphatic carbocycles. The van der Waals surface area contributed by atoms with E-state index in [1.165, 1.54) is 0 Å². The zero-order valence-corrected chi connectivity index (χ0v) is 15.6. The molecule has 1 aromatic heterocycles. The Morgan fingerprint density at radius 2 is 2.00 bits per heavy atom. The second kappa shape index (κ2) is 9.07. The highest BCUT2D eigenvalue weighted by molar-refractivity contribution is 6.30. The Kier molecular flexibility index (Phi) is 6.55. The van der Waals surface area contributed by atoms with Crippen LogP contribution in [0.5, 0.6) is 5.75 Å². The number of ether oxygens (including phenoxy) is 2. The van der Waals surface area contributed by atoms with E-state index in [0.29, 0.717) is 36.2 Å². The van der Waals surface area contributed by atoms with Crippen molar-refractivity contribution in [2.24, 2.45) is 0 Å². The van der Waals surface area contributed by atoms with Gasteiger partial charge in [-0.1, -0.05) is 11.6 Å². The standard InChI is InChI=1S/C19H23ClN2O4/c1-14-12-17(13-22-7-10-24-11-8-22)26-18(14)19(23)21-6-9-25-16-4-2-15(20)3-5-16/h2-5,12H,6-11,13H2,1H3,(H,21,23). The van der Waals surface area contributed by atoms with Gasteiger partial charge in [0.2, 0.25) is 0 Å². The molecule has 26 heavy (non-hydrogen) atoms. The number of hydrogen-bond acceptors (Lipinski definition) is 5. The average Bonchev–Trinajstić information content (AvgIpc) is 3.01. The average molecular weight is 379 g/mol. The van der Waals surface area contributed by atoms with Crippen LogP contribution in [0.3, 0.4) is 0 Å². The molecule has 1 fully saturated rings. The third-order valence-electron chi connectivity index (χ3n) is 4.13. The molecule has 1 saturated heterocycles. The van der Waals surface area contributed by atoms with E-state index in [9.17, 15) is 4.79 Å². The Labute approximate surface area is 158 Å². The normalized spacial score (nSPS) is 15.0. The third kappa shape index (κ3) is 5.24. The molecule has 140 valence electrons. The molecular formula is C19H23ClN2O4. The largest absolute Gasteiger partial charge is 0.492 e. The molecule has 0 bridgehead atoms. The Balaban J connectivity index is 1.45. The number of nitrogens with one attached hydrogen (secondary N) is 1. The molecule has 2 heterocycles. The highest BCUT2D eigenvalue weighted by Gasteiger charge is 2.18. The molecule has 0 unspecified atom stereocenters. The molecule has 1 amide bonds. The van der Waals surface area contributed by atoms with Gasteiger partial charge in [0.1, 0.15) is 18.1 Å². The second-order valence-electron chi connectivity index (χ2n) is 6.17. The molecule has 0 radical (unpaired) electrons. The molecule has 0 saturated carbocycles. The van der Waals surface area contributed by atoms with Gasteiger partial charge >= 0.3 is 0 Å². The van der Waals surface area contributed by atoms with E-state index in [4.69, 9.17) is 25.5 Å². The first-order chi connectivity index (χ1) is 12.6. The number of aryl methyl sites for hydroxylation is 1. The minimum Gasteiger partial charge on any atom is -0.492 e. The van der Waals surface area contributed by atoms with Gasteiger partial charge in [0.05, 0.1) is 26.3 Å². The van der Waals surface area contributed by atoms with Crippen molar-refractivity contribution < 1.29 is 18.7 Å². The summed E-state index contributed by atoms with van der Waals surface area (Å²) in [7, 11) is 0. The van der Waals surface area contributed by atoms with E-state index >= 15 is 0 Å². The molecule has 1 aliphatic heterocycles. The summed E-state index contributed by atoms with van der Waals surface area (Å²) in [6.45, 7) is 6.56.